The van der Waals surface area contributed by atoms with Crippen molar-refractivity contribution in [2.45, 2.75) is 71.1 Å². The van der Waals surface area contributed by atoms with E-state index < -0.39 is 24.0 Å². The zero-order chi connectivity index (χ0) is 26.9. The van der Waals surface area contributed by atoms with Crippen LogP contribution in [-0.2, 0) is 27.2 Å². The van der Waals surface area contributed by atoms with Gasteiger partial charge < -0.3 is 21.3 Å². The predicted molar refractivity (Wildman–Crippen MR) is 140 cm³/mol. The Balaban J connectivity index is 1.76. The van der Waals surface area contributed by atoms with Crippen LogP contribution in [-0.4, -0.2) is 46.7 Å². The molecule has 2 aliphatic rings. The second kappa shape index (κ2) is 10.7. The zero-order valence-corrected chi connectivity index (χ0v) is 21.9. The summed E-state index contributed by atoms with van der Waals surface area (Å²) in [6.07, 6.45) is 1.79. The first-order chi connectivity index (χ1) is 17.6. The van der Waals surface area contributed by atoms with Crippen LogP contribution in [0.15, 0.2) is 48.5 Å². The summed E-state index contributed by atoms with van der Waals surface area (Å²) in [5.41, 5.74) is 8.60. The van der Waals surface area contributed by atoms with Crippen molar-refractivity contribution in [3.63, 3.8) is 0 Å². The van der Waals surface area contributed by atoms with E-state index in [9.17, 15) is 19.2 Å². The lowest BCUT2D eigenvalue weighted by Gasteiger charge is -2.45. The van der Waals surface area contributed by atoms with E-state index in [-0.39, 0.29) is 35.6 Å². The predicted octanol–water partition coefficient (Wildman–Crippen LogP) is 2.51. The maximum atomic E-state index is 14.2. The van der Waals surface area contributed by atoms with Gasteiger partial charge in [-0.1, -0.05) is 50.2 Å². The third kappa shape index (κ3) is 5.53. The second-order valence-corrected chi connectivity index (χ2v) is 10.9. The summed E-state index contributed by atoms with van der Waals surface area (Å²) < 4.78 is 0. The average molecular weight is 505 g/mol. The third-order valence-corrected chi connectivity index (χ3v) is 7.17. The van der Waals surface area contributed by atoms with E-state index in [0.717, 1.165) is 0 Å². The number of hydrogen-bond acceptors (Lipinski definition) is 4. The van der Waals surface area contributed by atoms with Gasteiger partial charge in [-0.25, -0.2) is 0 Å². The number of nitrogens with zero attached hydrogens (tertiary/aromatic N) is 1. The smallest absolute Gasteiger partial charge is 0.248 e. The molecule has 196 valence electrons. The molecule has 1 fully saturated rings. The van der Waals surface area contributed by atoms with E-state index in [1.807, 2.05) is 39.8 Å². The van der Waals surface area contributed by atoms with E-state index >= 15 is 0 Å². The molecule has 8 heteroatoms. The normalized spacial score (nSPS) is 20.6. The maximum Gasteiger partial charge on any atom is 0.248 e. The Morgan fingerprint density at radius 1 is 1.00 bits per heavy atom. The van der Waals surface area contributed by atoms with Crippen molar-refractivity contribution in [3.05, 3.63) is 70.8 Å². The summed E-state index contributed by atoms with van der Waals surface area (Å²) in [6.45, 7) is 7.67. The number of hydrogen-bond donors (Lipinski definition) is 3. The molecule has 1 heterocycles. The van der Waals surface area contributed by atoms with Gasteiger partial charge in [0, 0.05) is 11.6 Å². The highest BCUT2D eigenvalue weighted by Gasteiger charge is 2.49. The summed E-state index contributed by atoms with van der Waals surface area (Å²) in [5, 5.41) is 5.94. The van der Waals surface area contributed by atoms with Crippen LogP contribution in [0.2, 0.25) is 0 Å². The lowest BCUT2D eigenvalue weighted by Crippen LogP contribution is -2.67. The van der Waals surface area contributed by atoms with E-state index in [4.69, 9.17) is 5.73 Å². The van der Waals surface area contributed by atoms with Crippen LogP contribution >= 0.6 is 0 Å². The van der Waals surface area contributed by atoms with Crippen LogP contribution in [0.1, 0.15) is 67.2 Å². The first-order valence-corrected chi connectivity index (χ1v) is 13.0. The van der Waals surface area contributed by atoms with E-state index in [0.29, 0.717) is 30.4 Å². The molecule has 0 bridgehead atoms. The van der Waals surface area contributed by atoms with Crippen LogP contribution in [0.4, 0.5) is 0 Å². The van der Waals surface area contributed by atoms with Gasteiger partial charge in [-0.15, -0.1) is 0 Å². The van der Waals surface area contributed by atoms with Crippen molar-refractivity contribution < 1.29 is 19.2 Å². The van der Waals surface area contributed by atoms with Gasteiger partial charge in [-0.3, -0.25) is 19.2 Å². The molecule has 3 atom stereocenters. The molecule has 4 amide bonds. The van der Waals surface area contributed by atoms with Gasteiger partial charge in [-0.05, 0) is 73.8 Å². The minimum absolute atomic E-state index is 0.0950. The highest BCUT2D eigenvalue weighted by molar-refractivity contribution is 6.00. The molecular weight excluding hydrogens is 468 g/mol. The van der Waals surface area contributed by atoms with Crippen molar-refractivity contribution in [3.8, 4) is 0 Å². The first-order valence-electron chi connectivity index (χ1n) is 13.0. The number of amides is 4. The molecule has 1 aliphatic carbocycles. The van der Waals surface area contributed by atoms with Crippen LogP contribution in [0, 0.1) is 11.8 Å². The van der Waals surface area contributed by atoms with Gasteiger partial charge in [0.15, 0.2) is 0 Å². The minimum Gasteiger partial charge on any atom is -0.366 e. The fourth-order valence-electron chi connectivity index (χ4n) is 5.51. The SMILES string of the molecule is CC(C)CC1C(=O)NC(C2Cc3ccccc3C2)C(=O)N1C(C(=O)NC(C)C)c1ccc(C(N)=O)cc1. The fraction of sp³-hybridized carbons (Fsp3) is 0.448. The van der Waals surface area contributed by atoms with Crippen LogP contribution < -0.4 is 16.4 Å². The van der Waals surface area contributed by atoms with Gasteiger partial charge in [0.2, 0.25) is 23.6 Å². The molecule has 1 saturated heterocycles. The third-order valence-electron chi connectivity index (χ3n) is 7.17. The molecule has 2 aromatic carbocycles. The highest BCUT2D eigenvalue weighted by atomic mass is 16.2. The lowest BCUT2D eigenvalue weighted by molar-refractivity contribution is -0.158. The molecule has 4 rings (SSSR count). The molecule has 0 spiro atoms. The van der Waals surface area contributed by atoms with Crippen LogP contribution in [0.3, 0.4) is 0 Å². The van der Waals surface area contributed by atoms with Crippen molar-refractivity contribution in [2.24, 2.45) is 17.6 Å². The standard InChI is InChI=1S/C29H36N4O4/c1-16(2)13-23-27(35)32-24(22-14-20-7-5-6-8-21(20)15-22)29(37)33(23)25(28(36)31-17(3)4)18-9-11-19(12-10-18)26(30)34/h5-12,16-17,22-25H,13-15H2,1-4H3,(H2,30,34)(H,31,36)(H,32,35). The summed E-state index contributed by atoms with van der Waals surface area (Å²) >= 11 is 0. The molecule has 4 N–H and O–H groups in total. The molecule has 37 heavy (non-hydrogen) atoms. The summed E-state index contributed by atoms with van der Waals surface area (Å²) in [6, 6.07) is 11.7. The number of rotatable bonds is 8. The number of nitrogens with two attached hydrogens (primary N) is 1. The van der Waals surface area contributed by atoms with E-state index in [1.165, 1.54) is 16.0 Å². The Morgan fingerprint density at radius 3 is 2.11 bits per heavy atom. The molecule has 1 aliphatic heterocycles. The summed E-state index contributed by atoms with van der Waals surface area (Å²) in [4.78, 5) is 54.6. The van der Waals surface area contributed by atoms with Crippen molar-refractivity contribution in [1.82, 2.24) is 15.5 Å². The Morgan fingerprint density at radius 2 is 1.59 bits per heavy atom. The van der Waals surface area contributed by atoms with Gasteiger partial charge in [-0.2, -0.15) is 0 Å². The van der Waals surface area contributed by atoms with Crippen molar-refractivity contribution in [1.29, 1.82) is 0 Å². The zero-order valence-electron chi connectivity index (χ0n) is 21.9. The Hall–Kier alpha value is -3.68. The van der Waals surface area contributed by atoms with Gasteiger partial charge in [0.1, 0.15) is 18.1 Å². The molecule has 0 aromatic heterocycles. The number of piperazine rings is 1. The highest BCUT2D eigenvalue weighted by Crippen LogP contribution is 2.35. The number of fused-ring (bicyclic) bond motifs is 1. The number of nitrogens with one attached hydrogen (secondary N) is 2. The second-order valence-electron chi connectivity index (χ2n) is 10.9. The van der Waals surface area contributed by atoms with Crippen molar-refractivity contribution in [2.75, 3.05) is 0 Å². The largest absolute Gasteiger partial charge is 0.366 e. The Kier molecular flexibility index (Phi) is 7.66. The van der Waals surface area contributed by atoms with Gasteiger partial charge in [0.25, 0.3) is 0 Å². The fourth-order valence-corrected chi connectivity index (χ4v) is 5.51. The topological polar surface area (TPSA) is 122 Å². The van der Waals surface area contributed by atoms with E-state index in [1.54, 1.807) is 24.3 Å². The van der Waals surface area contributed by atoms with Gasteiger partial charge >= 0.3 is 0 Å². The minimum atomic E-state index is -1.03. The van der Waals surface area contributed by atoms with Crippen molar-refractivity contribution >= 4 is 23.6 Å². The maximum absolute atomic E-state index is 14.2. The molecular formula is C29H36N4O4. The average Bonchev–Trinajstić information content (AvgIpc) is 3.27. The first kappa shape index (κ1) is 26.4. The molecule has 3 unspecified atom stereocenters. The Bertz CT molecular complexity index is 1170. The van der Waals surface area contributed by atoms with Gasteiger partial charge in [0.05, 0.1) is 0 Å². The molecule has 8 nitrogen and oxygen atoms in total. The lowest BCUT2D eigenvalue weighted by atomic mass is 9.87. The number of carbonyl (C=O) groups excluding carboxylic acids is 4. The summed E-state index contributed by atoms with van der Waals surface area (Å²) in [5.74, 6) is -1.43. The Labute approximate surface area is 218 Å². The quantitative estimate of drug-likeness (QED) is 0.511. The van der Waals surface area contributed by atoms with E-state index in [2.05, 4.69) is 22.8 Å². The number of carbonyl (C=O) groups is 4. The van der Waals surface area contributed by atoms with Crippen LogP contribution in [0.5, 0.6) is 0 Å². The number of benzene rings is 2. The summed E-state index contributed by atoms with van der Waals surface area (Å²) in [7, 11) is 0. The monoisotopic (exact) mass is 504 g/mol. The molecule has 0 radical (unpaired) electrons. The number of primary amides is 1. The van der Waals surface area contributed by atoms with Crippen LogP contribution in [0.25, 0.3) is 0 Å². The molecule has 0 saturated carbocycles. The molecule has 2 aromatic rings.